The van der Waals surface area contributed by atoms with E-state index in [1.165, 1.54) is 6.07 Å². The topological polar surface area (TPSA) is 61.6 Å². The molecule has 20 heavy (non-hydrogen) atoms. The molecule has 0 aliphatic heterocycles. The van der Waals surface area contributed by atoms with Crippen LogP contribution in [0.4, 0.5) is 10.1 Å². The second-order valence-corrected chi connectivity index (χ2v) is 4.01. The summed E-state index contributed by atoms with van der Waals surface area (Å²) >= 11 is 0. The lowest BCUT2D eigenvalue weighted by molar-refractivity contribution is -0.387. The molecule has 0 aromatic heterocycles. The number of nitrogens with zero attached hydrogens (tertiary/aromatic N) is 1. The number of hydrogen-bond donors (Lipinski definition) is 0. The van der Waals surface area contributed by atoms with E-state index in [0.29, 0.717) is 17.1 Å². The number of nitro benzene ring substituents is 1. The average Bonchev–Trinajstić information content (AvgIpc) is 2.45. The molecule has 0 N–H and O–H groups in total. The van der Waals surface area contributed by atoms with Gasteiger partial charge < -0.3 is 9.47 Å². The van der Waals surface area contributed by atoms with E-state index < -0.39 is 16.4 Å². The SMILES string of the molecule is COc1ccc(OCc2ccc([N+](=O)[O-])c(F)c2)cc1. The molecule has 0 atom stereocenters. The van der Waals surface area contributed by atoms with Crippen LogP contribution in [0.2, 0.25) is 0 Å². The number of methoxy groups -OCH3 is 1. The standard InChI is InChI=1S/C14H12FNO4/c1-19-11-3-5-12(6-4-11)20-9-10-2-7-14(16(17)18)13(15)8-10/h2-8H,9H2,1H3. The summed E-state index contributed by atoms with van der Waals surface area (Å²) in [5.74, 6) is 0.439. The summed E-state index contributed by atoms with van der Waals surface area (Å²) < 4.78 is 23.9. The van der Waals surface area contributed by atoms with Crippen molar-refractivity contribution in [2.45, 2.75) is 6.61 Å². The predicted molar refractivity (Wildman–Crippen MR) is 70.4 cm³/mol. The van der Waals surface area contributed by atoms with Crippen molar-refractivity contribution in [1.82, 2.24) is 0 Å². The minimum absolute atomic E-state index is 0.126. The quantitative estimate of drug-likeness (QED) is 0.621. The molecule has 0 bridgehead atoms. The molecule has 0 saturated heterocycles. The van der Waals surface area contributed by atoms with Gasteiger partial charge in [0, 0.05) is 6.07 Å². The maximum Gasteiger partial charge on any atom is 0.304 e. The Balaban J connectivity index is 2.03. The Bertz CT molecular complexity index is 613. The fourth-order valence-corrected chi connectivity index (χ4v) is 1.63. The monoisotopic (exact) mass is 277 g/mol. The molecule has 6 heteroatoms. The largest absolute Gasteiger partial charge is 0.497 e. The van der Waals surface area contributed by atoms with Gasteiger partial charge in [0.15, 0.2) is 0 Å². The fraction of sp³-hybridized carbons (Fsp3) is 0.143. The highest BCUT2D eigenvalue weighted by molar-refractivity contribution is 5.35. The maximum absolute atomic E-state index is 13.4. The zero-order valence-corrected chi connectivity index (χ0v) is 10.7. The second-order valence-electron chi connectivity index (χ2n) is 4.01. The van der Waals surface area contributed by atoms with E-state index in [9.17, 15) is 14.5 Å². The van der Waals surface area contributed by atoms with E-state index in [4.69, 9.17) is 9.47 Å². The van der Waals surface area contributed by atoms with Gasteiger partial charge >= 0.3 is 5.69 Å². The normalized spacial score (nSPS) is 10.1. The molecule has 0 heterocycles. The molecule has 2 rings (SSSR count). The molecular weight excluding hydrogens is 265 g/mol. The van der Waals surface area contributed by atoms with E-state index in [2.05, 4.69) is 0 Å². The van der Waals surface area contributed by atoms with E-state index in [1.807, 2.05) is 0 Å². The van der Waals surface area contributed by atoms with Crippen LogP contribution in [0.25, 0.3) is 0 Å². The van der Waals surface area contributed by atoms with Gasteiger partial charge in [0.05, 0.1) is 12.0 Å². The Morgan fingerprint density at radius 3 is 2.35 bits per heavy atom. The summed E-state index contributed by atoms with van der Waals surface area (Å²) in [4.78, 5) is 9.73. The Labute approximate surface area is 114 Å². The molecule has 0 radical (unpaired) electrons. The summed E-state index contributed by atoms with van der Waals surface area (Å²) in [7, 11) is 1.56. The van der Waals surface area contributed by atoms with Gasteiger partial charge in [-0.2, -0.15) is 4.39 Å². The Morgan fingerprint density at radius 2 is 1.80 bits per heavy atom. The highest BCUT2D eigenvalue weighted by Crippen LogP contribution is 2.21. The lowest BCUT2D eigenvalue weighted by atomic mass is 10.2. The van der Waals surface area contributed by atoms with Crippen molar-refractivity contribution in [2.24, 2.45) is 0 Å². The van der Waals surface area contributed by atoms with Crippen LogP contribution in [0.1, 0.15) is 5.56 Å². The molecule has 5 nitrogen and oxygen atoms in total. The number of rotatable bonds is 5. The Kier molecular flexibility index (Phi) is 4.14. The minimum Gasteiger partial charge on any atom is -0.497 e. The average molecular weight is 277 g/mol. The van der Waals surface area contributed by atoms with Crippen LogP contribution in [0.15, 0.2) is 42.5 Å². The van der Waals surface area contributed by atoms with E-state index in [0.717, 1.165) is 12.1 Å². The summed E-state index contributed by atoms with van der Waals surface area (Å²) in [5, 5.41) is 10.5. The third kappa shape index (κ3) is 3.23. The van der Waals surface area contributed by atoms with Crippen LogP contribution in [-0.2, 0) is 6.61 Å². The second kappa shape index (κ2) is 6.01. The van der Waals surface area contributed by atoms with Crippen molar-refractivity contribution >= 4 is 5.69 Å². The summed E-state index contributed by atoms with van der Waals surface area (Å²) in [6.45, 7) is 0.126. The van der Waals surface area contributed by atoms with Crippen molar-refractivity contribution in [3.05, 3.63) is 64.0 Å². The lowest BCUT2D eigenvalue weighted by Crippen LogP contribution is -1.98. The smallest absolute Gasteiger partial charge is 0.304 e. The van der Waals surface area contributed by atoms with Crippen LogP contribution in [0.3, 0.4) is 0 Å². The van der Waals surface area contributed by atoms with E-state index >= 15 is 0 Å². The van der Waals surface area contributed by atoms with E-state index in [-0.39, 0.29) is 6.61 Å². The van der Waals surface area contributed by atoms with Gasteiger partial charge in [0.25, 0.3) is 0 Å². The highest BCUT2D eigenvalue weighted by Gasteiger charge is 2.13. The van der Waals surface area contributed by atoms with Crippen molar-refractivity contribution < 1.29 is 18.8 Å². The molecule has 2 aromatic carbocycles. The zero-order chi connectivity index (χ0) is 14.5. The number of hydrogen-bond acceptors (Lipinski definition) is 4. The Morgan fingerprint density at radius 1 is 1.15 bits per heavy atom. The number of nitro groups is 1. The molecule has 0 amide bonds. The van der Waals surface area contributed by atoms with Gasteiger partial charge in [-0.25, -0.2) is 0 Å². The van der Waals surface area contributed by atoms with Crippen LogP contribution < -0.4 is 9.47 Å². The molecule has 0 saturated carbocycles. The molecule has 0 spiro atoms. The minimum atomic E-state index is -0.870. The van der Waals surface area contributed by atoms with Crippen LogP contribution in [0.5, 0.6) is 11.5 Å². The third-order valence-corrected chi connectivity index (χ3v) is 2.67. The van der Waals surface area contributed by atoms with Crippen LogP contribution >= 0.6 is 0 Å². The summed E-state index contributed by atoms with van der Waals surface area (Å²) in [5.41, 5.74) is -0.0258. The van der Waals surface area contributed by atoms with Crippen molar-refractivity contribution in [3.8, 4) is 11.5 Å². The van der Waals surface area contributed by atoms with Gasteiger partial charge in [-0.05, 0) is 42.0 Å². The maximum atomic E-state index is 13.4. The summed E-state index contributed by atoms with van der Waals surface area (Å²) in [6.07, 6.45) is 0. The first-order valence-electron chi connectivity index (χ1n) is 5.80. The molecule has 0 fully saturated rings. The van der Waals surface area contributed by atoms with Crippen LogP contribution in [0, 0.1) is 15.9 Å². The first kappa shape index (κ1) is 13.8. The van der Waals surface area contributed by atoms with Gasteiger partial charge in [-0.1, -0.05) is 0 Å². The molecular formula is C14H12FNO4. The van der Waals surface area contributed by atoms with Crippen LogP contribution in [-0.4, -0.2) is 12.0 Å². The molecule has 2 aromatic rings. The third-order valence-electron chi connectivity index (χ3n) is 2.67. The van der Waals surface area contributed by atoms with Gasteiger partial charge in [0.1, 0.15) is 18.1 Å². The van der Waals surface area contributed by atoms with Gasteiger partial charge in [-0.15, -0.1) is 0 Å². The van der Waals surface area contributed by atoms with E-state index in [1.54, 1.807) is 31.4 Å². The molecule has 0 unspecified atom stereocenters. The highest BCUT2D eigenvalue weighted by atomic mass is 19.1. The van der Waals surface area contributed by atoms with Crippen molar-refractivity contribution in [3.63, 3.8) is 0 Å². The summed E-state index contributed by atoms with van der Waals surface area (Å²) in [6, 6.07) is 10.6. The lowest BCUT2D eigenvalue weighted by Gasteiger charge is -2.07. The Hall–Kier alpha value is -2.63. The molecule has 0 aliphatic carbocycles. The molecule has 0 aliphatic rings. The van der Waals surface area contributed by atoms with Crippen molar-refractivity contribution in [2.75, 3.05) is 7.11 Å². The predicted octanol–water partition coefficient (Wildman–Crippen LogP) is 3.32. The first-order chi connectivity index (χ1) is 9.60. The zero-order valence-electron chi connectivity index (χ0n) is 10.7. The van der Waals surface area contributed by atoms with Gasteiger partial charge in [-0.3, -0.25) is 10.1 Å². The first-order valence-corrected chi connectivity index (χ1v) is 5.80. The number of ether oxygens (including phenoxy) is 2. The van der Waals surface area contributed by atoms with Crippen molar-refractivity contribution in [1.29, 1.82) is 0 Å². The number of halogens is 1. The fourth-order valence-electron chi connectivity index (χ4n) is 1.63. The number of benzene rings is 2. The van der Waals surface area contributed by atoms with Gasteiger partial charge in [0.2, 0.25) is 5.82 Å². The molecule has 104 valence electrons.